The van der Waals surface area contributed by atoms with E-state index < -0.39 is 0 Å². The zero-order chi connectivity index (χ0) is 22.4. The summed E-state index contributed by atoms with van der Waals surface area (Å²) >= 11 is 1.22. The molecule has 1 aromatic heterocycles. The Kier molecular flexibility index (Phi) is 8.01. The lowest BCUT2D eigenvalue weighted by atomic mass is 9.97. The number of aromatic nitrogens is 2. The molecule has 3 rings (SSSR count). The van der Waals surface area contributed by atoms with Gasteiger partial charge in [-0.2, -0.15) is 0 Å². The van der Waals surface area contributed by atoms with Gasteiger partial charge in [0.1, 0.15) is 0 Å². The summed E-state index contributed by atoms with van der Waals surface area (Å²) in [5, 5.41) is 0.964. The van der Waals surface area contributed by atoms with E-state index in [0.29, 0.717) is 34.1 Å². The molecule has 0 bridgehead atoms. The van der Waals surface area contributed by atoms with E-state index in [0.717, 1.165) is 19.3 Å². The first kappa shape index (κ1) is 23.2. The van der Waals surface area contributed by atoms with Gasteiger partial charge in [0.05, 0.1) is 37.0 Å². The van der Waals surface area contributed by atoms with Crippen molar-refractivity contribution in [2.75, 3.05) is 20.0 Å². The maximum absolute atomic E-state index is 13.4. The van der Waals surface area contributed by atoms with Gasteiger partial charge in [0, 0.05) is 12.6 Å². The summed E-state index contributed by atoms with van der Waals surface area (Å²) in [5.74, 6) is 0.744. The zero-order valence-electron chi connectivity index (χ0n) is 18.6. The van der Waals surface area contributed by atoms with Crippen LogP contribution in [0.1, 0.15) is 46.0 Å². The van der Waals surface area contributed by atoms with E-state index in [9.17, 15) is 9.59 Å². The van der Waals surface area contributed by atoms with Gasteiger partial charge in [-0.15, -0.1) is 0 Å². The lowest BCUT2D eigenvalue weighted by Gasteiger charge is -2.17. The van der Waals surface area contributed by atoms with Gasteiger partial charge in [0.25, 0.3) is 5.56 Å². The summed E-state index contributed by atoms with van der Waals surface area (Å²) in [5.41, 5.74) is 1.73. The maximum atomic E-state index is 13.4. The molecule has 1 aliphatic rings. The topological polar surface area (TPSA) is 79.7 Å². The number of esters is 1. The molecule has 0 spiro atoms. The number of carbonyl (C=O) groups is 1. The van der Waals surface area contributed by atoms with Gasteiger partial charge in [-0.3, -0.25) is 14.2 Å². The second-order valence-corrected chi connectivity index (χ2v) is 8.70. The van der Waals surface area contributed by atoms with Gasteiger partial charge < -0.3 is 14.2 Å². The van der Waals surface area contributed by atoms with E-state index >= 15 is 0 Å². The van der Waals surface area contributed by atoms with Crippen LogP contribution < -0.4 is 15.0 Å². The third-order valence-electron chi connectivity index (χ3n) is 5.15. The van der Waals surface area contributed by atoms with Crippen LogP contribution in [0.4, 0.5) is 0 Å². The first-order chi connectivity index (χ1) is 14.9. The van der Waals surface area contributed by atoms with E-state index in [4.69, 9.17) is 19.2 Å². The molecule has 31 heavy (non-hydrogen) atoms. The molecule has 0 fully saturated rings. The minimum Gasteiger partial charge on any atom is -0.493 e. The average molecular weight is 447 g/mol. The molecular weight excluding hydrogens is 416 g/mol. The lowest BCUT2D eigenvalue weighted by Crippen LogP contribution is -2.24. The molecule has 0 saturated carbocycles. The van der Waals surface area contributed by atoms with E-state index in [2.05, 4.69) is 6.08 Å². The van der Waals surface area contributed by atoms with Crippen LogP contribution in [0, 0.1) is 0 Å². The molecule has 7 nitrogen and oxygen atoms in total. The Morgan fingerprint density at radius 1 is 1.19 bits per heavy atom. The Morgan fingerprint density at radius 3 is 2.58 bits per heavy atom. The van der Waals surface area contributed by atoms with Crippen molar-refractivity contribution in [2.24, 2.45) is 0 Å². The molecule has 1 heterocycles. The van der Waals surface area contributed by atoms with Crippen LogP contribution in [0.2, 0.25) is 0 Å². The highest BCUT2D eigenvalue weighted by Gasteiger charge is 2.17. The molecule has 168 valence electrons. The molecule has 0 unspecified atom stereocenters. The minimum atomic E-state index is -0.330. The average Bonchev–Trinajstić information content (AvgIpc) is 2.76. The van der Waals surface area contributed by atoms with Gasteiger partial charge >= 0.3 is 5.97 Å². The SMILES string of the molecule is COc1cc2nc(SCC(=O)OC(C)C)n(CCC3=CCCCC3)c(=O)c2cc1OC. The monoisotopic (exact) mass is 446 g/mol. The molecule has 1 aliphatic carbocycles. The molecule has 0 amide bonds. The third kappa shape index (κ3) is 5.81. The molecule has 0 aliphatic heterocycles. The van der Waals surface area contributed by atoms with Crippen molar-refractivity contribution in [3.05, 3.63) is 34.1 Å². The Balaban J connectivity index is 1.98. The zero-order valence-corrected chi connectivity index (χ0v) is 19.4. The fraction of sp³-hybridized carbons (Fsp3) is 0.522. The van der Waals surface area contributed by atoms with E-state index in [1.807, 2.05) is 13.8 Å². The molecule has 0 radical (unpaired) electrons. The highest BCUT2D eigenvalue weighted by Crippen LogP contribution is 2.31. The Labute approximate surface area is 186 Å². The van der Waals surface area contributed by atoms with Crippen molar-refractivity contribution in [3.8, 4) is 11.5 Å². The van der Waals surface area contributed by atoms with Gasteiger partial charge in [-0.1, -0.05) is 23.4 Å². The first-order valence-corrected chi connectivity index (χ1v) is 11.6. The highest BCUT2D eigenvalue weighted by atomic mass is 32.2. The molecule has 0 atom stereocenters. The number of hydrogen-bond donors (Lipinski definition) is 0. The number of benzene rings is 1. The van der Waals surface area contributed by atoms with Crippen LogP contribution >= 0.6 is 11.8 Å². The number of allylic oxidation sites excluding steroid dienone is 2. The van der Waals surface area contributed by atoms with Gasteiger partial charge in [0.2, 0.25) is 0 Å². The van der Waals surface area contributed by atoms with Crippen LogP contribution in [-0.4, -0.2) is 41.6 Å². The standard InChI is InChI=1S/C23H30N2O5S/c1-15(2)30-21(26)14-31-23-24-18-13-20(29-4)19(28-3)12-17(18)22(27)25(23)11-10-16-8-6-5-7-9-16/h8,12-13,15H,5-7,9-11,14H2,1-4H3. The van der Waals surface area contributed by atoms with Crippen LogP contribution in [0.5, 0.6) is 11.5 Å². The number of thioether (sulfide) groups is 1. The van der Waals surface area contributed by atoms with Gasteiger partial charge in [-0.05, 0) is 52.0 Å². The van der Waals surface area contributed by atoms with Crippen molar-refractivity contribution >= 4 is 28.6 Å². The molecular formula is C23H30N2O5S. The Hall–Kier alpha value is -2.48. The second-order valence-electron chi connectivity index (χ2n) is 7.76. The second kappa shape index (κ2) is 10.7. The summed E-state index contributed by atoms with van der Waals surface area (Å²) in [6.45, 7) is 4.14. The first-order valence-electron chi connectivity index (χ1n) is 10.6. The number of rotatable bonds is 9. The number of nitrogens with zero attached hydrogens (tertiary/aromatic N) is 2. The van der Waals surface area contributed by atoms with E-state index in [1.165, 1.54) is 37.3 Å². The van der Waals surface area contributed by atoms with Gasteiger partial charge in [0.15, 0.2) is 16.7 Å². The minimum absolute atomic E-state index is 0.0894. The summed E-state index contributed by atoms with van der Waals surface area (Å²) in [6.07, 6.45) is 7.48. The van der Waals surface area contributed by atoms with Crippen LogP contribution in [-0.2, 0) is 16.1 Å². The largest absolute Gasteiger partial charge is 0.493 e. The third-order valence-corrected chi connectivity index (χ3v) is 6.10. The maximum Gasteiger partial charge on any atom is 0.316 e. The number of fused-ring (bicyclic) bond motifs is 1. The predicted molar refractivity (Wildman–Crippen MR) is 122 cm³/mol. The lowest BCUT2D eigenvalue weighted by molar-refractivity contribution is -0.144. The predicted octanol–water partition coefficient (Wildman–Crippen LogP) is 4.35. The number of carbonyl (C=O) groups excluding carboxylic acids is 1. The van der Waals surface area contributed by atoms with Crippen molar-refractivity contribution in [1.29, 1.82) is 0 Å². The van der Waals surface area contributed by atoms with Crippen molar-refractivity contribution in [1.82, 2.24) is 9.55 Å². The highest BCUT2D eigenvalue weighted by molar-refractivity contribution is 7.99. The Morgan fingerprint density at radius 2 is 1.94 bits per heavy atom. The summed E-state index contributed by atoms with van der Waals surface area (Å²) in [4.78, 5) is 30.2. The van der Waals surface area contributed by atoms with E-state index in [1.54, 1.807) is 23.8 Å². The van der Waals surface area contributed by atoms with Crippen molar-refractivity contribution < 1.29 is 19.0 Å². The normalized spacial score (nSPS) is 13.9. The van der Waals surface area contributed by atoms with E-state index in [-0.39, 0.29) is 23.4 Å². The molecule has 1 aromatic carbocycles. The fourth-order valence-corrected chi connectivity index (χ4v) is 4.45. The fourth-order valence-electron chi connectivity index (χ4n) is 3.64. The smallest absolute Gasteiger partial charge is 0.316 e. The molecule has 0 saturated heterocycles. The van der Waals surface area contributed by atoms with Gasteiger partial charge in [-0.25, -0.2) is 4.98 Å². The van der Waals surface area contributed by atoms with Crippen molar-refractivity contribution in [3.63, 3.8) is 0 Å². The Bertz CT molecular complexity index is 1030. The van der Waals surface area contributed by atoms with Crippen molar-refractivity contribution in [2.45, 2.75) is 63.8 Å². The van der Waals surface area contributed by atoms with Crippen LogP contribution in [0.15, 0.2) is 33.7 Å². The van der Waals surface area contributed by atoms with Crippen LogP contribution in [0.25, 0.3) is 10.9 Å². The molecule has 2 aromatic rings. The molecule has 0 N–H and O–H groups in total. The summed E-state index contributed by atoms with van der Waals surface area (Å²) in [7, 11) is 3.08. The van der Waals surface area contributed by atoms with Crippen LogP contribution in [0.3, 0.4) is 0 Å². The summed E-state index contributed by atoms with van der Waals surface area (Å²) in [6, 6.07) is 3.36. The summed E-state index contributed by atoms with van der Waals surface area (Å²) < 4.78 is 17.6. The quantitative estimate of drug-likeness (QED) is 0.245. The number of methoxy groups -OCH3 is 2. The molecule has 8 heteroatoms. The number of hydrogen-bond acceptors (Lipinski definition) is 7. The number of ether oxygens (including phenoxy) is 3.